The van der Waals surface area contributed by atoms with Crippen molar-refractivity contribution in [2.45, 2.75) is 26.7 Å². The van der Waals surface area contributed by atoms with Gasteiger partial charge in [-0.25, -0.2) is 0 Å². The third-order valence-corrected chi connectivity index (χ3v) is 1.91. The van der Waals surface area contributed by atoms with E-state index in [1.807, 2.05) is 6.07 Å². The van der Waals surface area contributed by atoms with Crippen molar-refractivity contribution in [1.82, 2.24) is 0 Å². The zero-order valence-electron chi connectivity index (χ0n) is 8.50. The van der Waals surface area contributed by atoms with E-state index < -0.39 is 0 Å². The Labute approximate surface area is 83.8 Å². The molecular formula is C11H15NO2. The zero-order chi connectivity index (χ0) is 10.6. The molecule has 1 amide bonds. The van der Waals surface area contributed by atoms with E-state index in [4.69, 9.17) is 0 Å². The number of aryl methyl sites for hydroxylation is 1. The first-order chi connectivity index (χ1) is 6.63. The Morgan fingerprint density at radius 1 is 1.50 bits per heavy atom. The van der Waals surface area contributed by atoms with Gasteiger partial charge in [0.1, 0.15) is 5.75 Å². The molecule has 2 N–H and O–H groups in total. The number of hydrogen-bond donors (Lipinski definition) is 2. The molecule has 0 fully saturated rings. The van der Waals surface area contributed by atoms with E-state index in [1.165, 1.54) is 6.92 Å². The van der Waals surface area contributed by atoms with Crippen LogP contribution in [0.2, 0.25) is 0 Å². The number of rotatable bonds is 3. The highest BCUT2D eigenvalue weighted by molar-refractivity contribution is 5.90. The Bertz CT molecular complexity index is 334. The summed E-state index contributed by atoms with van der Waals surface area (Å²) in [5.41, 5.74) is 1.61. The maximum Gasteiger partial charge on any atom is 0.221 e. The van der Waals surface area contributed by atoms with Crippen LogP contribution in [0.3, 0.4) is 0 Å². The summed E-state index contributed by atoms with van der Waals surface area (Å²) in [4.78, 5) is 10.8. The van der Waals surface area contributed by atoms with E-state index in [1.54, 1.807) is 12.1 Å². The average Bonchev–Trinajstić information content (AvgIpc) is 2.10. The molecule has 0 unspecified atom stereocenters. The van der Waals surface area contributed by atoms with Crippen LogP contribution in [0.15, 0.2) is 18.2 Å². The first kappa shape index (κ1) is 10.6. The highest BCUT2D eigenvalue weighted by atomic mass is 16.3. The lowest BCUT2D eigenvalue weighted by atomic mass is 10.1. The zero-order valence-corrected chi connectivity index (χ0v) is 8.50. The molecule has 1 rings (SSSR count). The van der Waals surface area contributed by atoms with E-state index in [-0.39, 0.29) is 11.7 Å². The van der Waals surface area contributed by atoms with Crippen molar-refractivity contribution in [2.24, 2.45) is 0 Å². The van der Waals surface area contributed by atoms with Gasteiger partial charge in [0.15, 0.2) is 0 Å². The van der Waals surface area contributed by atoms with Gasteiger partial charge in [-0.05, 0) is 24.1 Å². The number of carbonyl (C=O) groups is 1. The summed E-state index contributed by atoms with van der Waals surface area (Å²) in [7, 11) is 0. The van der Waals surface area contributed by atoms with Gasteiger partial charge in [0.25, 0.3) is 0 Å². The molecule has 14 heavy (non-hydrogen) atoms. The Morgan fingerprint density at radius 2 is 2.21 bits per heavy atom. The van der Waals surface area contributed by atoms with Gasteiger partial charge in [-0.3, -0.25) is 4.79 Å². The summed E-state index contributed by atoms with van der Waals surface area (Å²) >= 11 is 0. The fraction of sp³-hybridized carbons (Fsp3) is 0.364. The molecule has 0 aliphatic rings. The molecule has 0 atom stereocenters. The van der Waals surface area contributed by atoms with Crippen LogP contribution >= 0.6 is 0 Å². The lowest BCUT2D eigenvalue weighted by molar-refractivity contribution is -0.114. The number of phenolic OH excluding ortho intramolecular Hbond substituents is 1. The molecule has 76 valence electrons. The van der Waals surface area contributed by atoms with Crippen LogP contribution in [0.25, 0.3) is 0 Å². The molecule has 0 aliphatic carbocycles. The lowest BCUT2D eigenvalue weighted by Crippen LogP contribution is -2.06. The van der Waals surface area contributed by atoms with Gasteiger partial charge in [-0.2, -0.15) is 0 Å². The predicted octanol–water partition coefficient (Wildman–Crippen LogP) is 2.30. The van der Waals surface area contributed by atoms with Crippen molar-refractivity contribution >= 4 is 11.6 Å². The first-order valence-corrected chi connectivity index (χ1v) is 4.73. The smallest absolute Gasteiger partial charge is 0.221 e. The van der Waals surface area contributed by atoms with Crippen LogP contribution in [-0.2, 0) is 11.2 Å². The maximum atomic E-state index is 10.8. The molecule has 1 aromatic rings. The Kier molecular flexibility index (Phi) is 3.51. The van der Waals surface area contributed by atoms with Gasteiger partial charge in [0.2, 0.25) is 5.91 Å². The fourth-order valence-corrected chi connectivity index (χ4v) is 1.32. The molecule has 0 aromatic heterocycles. The van der Waals surface area contributed by atoms with Crippen LogP contribution in [0.5, 0.6) is 5.75 Å². The molecular weight excluding hydrogens is 178 g/mol. The van der Waals surface area contributed by atoms with Gasteiger partial charge < -0.3 is 10.4 Å². The van der Waals surface area contributed by atoms with Crippen molar-refractivity contribution in [3.05, 3.63) is 23.8 Å². The van der Waals surface area contributed by atoms with Gasteiger partial charge in [-0.1, -0.05) is 19.4 Å². The predicted molar refractivity (Wildman–Crippen MR) is 56.4 cm³/mol. The van der Waals surface area contributed by atoms with Crippen molar-refractivity contribution < 1.29 is 9.90 Å². The summed E-state index contributed by atoms with van der Waals surface area (Å²) in [6.07, 6.45) is 2.00. The molecule has 0 radical (unpaired) electrons. The number of amides is 1. The molecule has 1 aromatic carbocycles. The van der Waals surface area contributed by atoms with Crippen LogP contribution < -0.4 is 5.32 Å². The second-order valence-corrected chi connectivity index (χ2v) is 3.28. The minimum atomic E-state index is -0.172. The van der Waals surface area contributed by atoms with Crippen molar-refractivity contribution in [1.29, 1.82) is 0 Å². The van der Waals surface area contributed by atoms with Crippen molar-refractivity contribution in [2.75, 3.05) is 5.32 Å². The quantitative estimate of drug-likeness (QED) is 0.724. The minimum absolute atomic E-state index is 0.111. The fourth-order valence-electron chi connectivity index (χ4n) is 1.32. The van der Waals surface area contributed by atoms with Gasteiger partial charge in [-0.15, -0.1) is 0 Å². The van der Waals surface area contributed by atoms with E-state index >= 15 is 0 Å². The van der Waals surface area contributed by atoms with Gasteiger partial charge in [0.05, 0.1) is 5.69 Å². The van der Waals surface area contributed by atoms with Crippen LogP contribution in [0, 0.1) is 0 Å². The Hall–Kier alpha value is -1.51. The molecule has 0 saturated heterocycles. The molecule has 3 heteroatoms. The molecule has 0 heterocycles. The standard InChI is InChI=1S/C11H15NO2/c1-3-4-9-5-6-11(14)10(7-9)12-8(2)13/h5-7,14H,3-4H2,1-2H3,(H,12,13). The van der Waals surface area contributed by atoms with E-state index in [2.05, 4.69) is 12.2 Å². The van der Waals surface area contributed by atoms with E-state index in [0.717, 1.165) is 18.4 Å². The number of nitrogens with one attached hydrogen (secondary N) is 1. The third kappa shape index (κ3) is 2.76. The number of hydrogen-bond acceptors (Lipinski definition) is 2. The number of phenols is 1. The summed E-state index contributed by atoms with van der Waals surface area (Å²) < 4.78 is 0. The highest BCUT2D eigenvalue weighted by Gasteiger charge is 2.03. The minimum Gasteiger partial charge on any atom is -0.506 e. The maximum absolute atomic E-state index is 10.8. The van der Waals surface area contributed by atoms with Crippen molar-refractivity contribution in [3.8, 4) is 5.75 Å². The second-order valence-electron chi connectivity index (χ2n) is 3.28. The second kappa shape index (κ2) is 4.65. The normalized spacial score (nSPS) is 9.86. The molecule has 3 nitrogen and oxygen atoms in total. The molecule has 0 bridgehead atoms. The molecule has 0 aliphatic heterocycles. The van der Waals surface area contributed by atoms with Crippen LogP contribution in [0.4, 0.5) is 5.69 Å². The highest BCUT2D eigenvalue weighted by Crippen LogP contribution is 2.24. The van der Waals surface area contributed by atoms with E-state index in [0.29, 0.717) is 5.69 Å². The lowest BCUT2D eigenvalue weighted by Gasteiger charge is -2.07. The Morgan fingerprint density at radius 3 is 2.79 bits per heavy atom. The number of carbonyl (C=O) groups excluding carboxylic acids is 1. The van der Waals surface area contributed by atoms with Crippen LogP contribution in [-0.4, -0.2) is 11.0 Å². The largest absolute Gasteiger partial charge is 0.506 e. The Balaban J connectivity index is 2.90. The summed E-state index contributed by atoms with van der Waals surface area (Å²) in [5.74, 6) is -0.0611. The average molecular weight is 193 g/mol. The number of benzene rings is 1. The SMILES string of the molecule is CCCc1ccc(O)c(NC(C)=O)c1. The number of anilines is 1. The van der Waals surface area contributed by atoms with Crippen LogP contribution in [0.1, 0.15) is 25.8 Å². The summed E-state index contributed by atoms with van der Waals surface area (Å²) in [5, 5.41) is 12.0. The van der Waals surface area contributed by atoms with Gasteiger partial charge >= 0.3 is 0 Å². The topological polar surface area (TPSA) is 49.3 Å². The summed E-state index contributed by atoms with van der Waals surface area (Å²) in [6.45, 7) is 3.51. The summed E-state index contributed by atoms with van der Waals surface area (Å²) in [6, 6.07) is 5.28. The molecule has 0 spiro atoms. The van der Waals surface area contributed by atoms with Gasteiger partial charge in [0, 0.05) is 6.92 Å². The monoisotopic (exact) mass is 193 g/mol. The number of aromatic hydroxyl groups is 1. The molecule has 0 saturated carbocycles. The first-order valence-electron chi connectivity index (χ1n) is 4.73. The third-order valence-electron chi connectivity index (χ3n) is 1.91. The van der Waals surface area contributed by atoms with Crippen molar-refractivity contribution in [3.63, 3.8) is 0 Å². The van der Waals surface area contributed by atoms with E-state index in [9.17, 15) is 9.90 Å².